The maximum atomic E-state index is 5.97. The van der Waals surface area contributed by atoms with Crippen LogP contribution in [-0.2, 0) is 7.05 Å². The van der Waals surface area contributed by atoms with E-state index in [0.29, 0.717) is 0 Å². The second-order valence-electron chi connectivity index (χ2n) is 3.06. The highest BCUT2D eigenvalue weighted by Gasteiger charge is 2.13. The Morgan fingerprint density at radius 3 is 3.15 bits per heavy atom. The highest BCUT2D eigenvalue weighted by molar-refractivity contribution is 6.22. The highest BCUT2D eigenvalue weighted by atomic mass is 35.5. The summed E-state index contributed by atoms with van der Waals surface area (Å²) in [6.07, 6.45) is 3.78. The van der Waals surface area contributed by atoms with Crippen LogP contribution >= 0.6 is 11.6 Å². The third-order valence-corrected chi connectivity index (χ3v) is 2.25. The molecule has 1 unspecified atom stereocenters. The van der Waals surface area contributed by atoms with Crippen molar-refractivity contribution in [1.29, 1.82) is 0 Å². The van der Waals surface area contributed by atoms with E-state index in [1.807, 2.05) is 6.08 Å². The van der Waals surface area contributed by atoms with Crippen molar-refractivity contribution < 1.29 is 0 Å². The average Bonchev–Trinajstić information content (AvgIpc) is 2.52. The van der Waals surface area contributed by atoms with Gasteiger partial charge in [0, 0.05) is 20.1 Å². The molecule has 0 radical (unpaired) electrons. The topological polar surface area (TPSA) is 42.7 Å². The van der Waals surface area contributed by atoms with E-state index in [2.05, 4.69) is 15.5 Å². The van der Waals surface area contributed by atoms with Crippen LogP contribution in [0.25, 0.3) is 5.57 Å². The molecule has 1 N–H and O–H groups in total. The molecule has 1 atom stereocenters. The van der Waals surface area contributed by atoms with Gasteiger partial charge in [-0.05, 0) is 5.57 Å². The Bertz CT molecular complexity index is 331. The number of alkyl halides is 1. The quantitative estimate of drug-likeness (QED) is 0.665. The summed E-state index contributed by atoms with van der Waals surface area (Å²) in [4.78, 5) is 1.55. The van der Waals surface area contributed by atoms with E-state index >= 15 is 0 Å². The summed E-state index contributed by atoms with van der Waals surface area (Å²) in [5.74, 6) is 0. The van der Waals surface area contributed by atoms with E-state index in [-0.39, 0.29) is 5.38 Å². The van der Waals surface area contributed by atoms with E-state index < -0.39 is 0 Å². The fourth-order valence-electron chi connectivity index (χ4n) is 1.35. The van der Waals surface area contributed by atoms with Gasteiger partial charge in [0.25, 0.3) is 0 Å². The van der Waals surface area contributed by atoms with Gasteiger partial charge in [0.1, 0.15) is 5.69 Å². The molecule has 13 heavy (non-hydrogen) atoms. The minimum Gasteiger partial charge on any atom is -0.311 e. The predicted octanol–water partition coefficient (Wildman–Crippen LogP) is 0.409. The number of aryl methyl sites for hydroxylation is 1. The van der Waals surface area contributed by atoms with Crippen molar-refractivity contribution in [2.75, 3.05) is 13.1 Å². The molecule has 0 amide bonds. The second kappa shape index (κ2) is 3.47. The van der Waals surface area contributed by atoms with E-state index in [1.165, 1.54) is 0 Å². The maximum Gasteiger partial charge on any atom is 0.110 e. The van der Waals surface area contributed by atoms with Gasteiger partial charge < -0.3 is 5.32 Å². The molecule has 0 aromatic carbocycles. The smallest absolute Gasteiger partial charge is 0.110 e. The second-order valence-corrected chi connectivity index (χ2v) is 3.62. The molecule has 0 saturated carbocycles. The Morgan fingerprint density at radius 2 is 2.54 bits per heavy atom. The normalized spacial score (nSPS) is 22.9. The molecule has 0 aliphatic carbocycles. The van der Waals surface area contributed by atoms with E-state index in [0.717, 1.165) is 24.4 Å². The number of nitrogens with one attached hydrogen (secondary N) is 1. The van der Waals surface area contributed by atoms with Gasteiger partial charge in [0.05, 0.1) is 11.6 Å². The van der Waals surface area contributed by atoms with Gasteiger partial charge >= 0.3 is 0 Å². The van der Waals surface area contributed by atoms with E-state index in [9.17, 15) is 0 Å². The summed E-state index contributed by atoms with van der Waals surface area (Å²) in [6.45, 7) is 1.65. The van der Waals surface area contributed by atoms with Crippen molar-refractivity contribution in [3.63, 3.8) is 0 Å². The lowest BCUT2D eigenvalue weighted by molar-refractivity contribution is 0.650. The average molecular weight is 199 g/mol. The van der Waals surface area contributed by atoms with Crippen LogP contribution in [0, 0.1) is 0 Å². The molecule has 0 fully saturated rings. The molecule has 0 spiro atoms. The molecule has 2 rings (SSSR count). The van der Waals surface area contributed by atoms with Crippen molar-refractivity contribution in [1.82, 2.24) is 20.3 Å². The number of aromatic nitrogens is 3. The minimum absolute atomic E-state index is 0.0609. The van der Waals surface area contributed by atoms with Gasteiger partial charge in [0.15, 0.2) is 0 Å². The van der Waals surface area contributed by atoms with Crippen LogP contribution in [0.15, 0.2) is 12.3 Å². The predicted molar refractivity (Wildman–Crippen MR) is 51.5 cm³/mol. The number of nitrogens with zero attached hydrogens (tertiary/aromatic N) is 3. The first-order valence-electron chi connectivity index (χ1n) is 4.18. The third kappa shape index (κ3) is 1.89. The van der Waals surface area contributed by atoms with Crippen LogP contribution in [0.2, 0.25) is 0 Å². The van der Waals surface area contributed by atoms with Gasteiger partial charge in [-0.25, -0.2) is 0 Å². The standard InChI is InChI=1S/C8H11ClN4/c1-13-11-5-8(12-13)6-2-7(9)4-10-3-6/h2,5,7,10H,3-4H2,1H3. The van der Waals surface area contributed by atoms with Crippen LogP contribution in [0.1, 0.15) is 5.69 Å². The van der Waals surface area contributed by atoms with Crippen molar-refractivity contribution in [2.45, 2.75) is 5.38 Å². The fourth-order valence-corrected chi connectivity index (χ4v) is 1.61. The molecular weight excluding hydrogens is 188 g/mol. The van der Waals surface area contributed by atoms with Crippen LogP contribution in [-0.4, -0.2) is 33.5 Å². The van der Waals surface area contributed by atoms with Crippen molar-refractivity contribution in [3.05, 3.63) is 18.0 Å². The molecule has 1 aliphatic heterocycles. The number of rotatable bonds is 1. The molecule has 2 heterocycles. The van der Waals surface area contributed by atoms with Crippen LogP contribution in [0.3, 0.4) is 0 Å². The molecule has 0 bridgehead atoms. The van der Waals surface area contributed by atoms with Gasteiger partial charge in [-0.2, -0.15) is 15.0 Å². The summed E-state index contributed by atoms with van der Waals surface area (Å²) in [5.41, 5.74) is 2.03. The zero-order chi connectivity index (χ0) is 9.26. The Labute approximate surface area is 81.6 Å². The summed E-state index contributed by atoms with van der Waals surface area (Å²) in [7, 11) is 1.80. The van der Waals surface area contributed by atoms with Gasteiger partial charge in [-0.15, -0.1) is 11.6 Å². The van der Waals surface area contributed by atoms with Gasteiger partial charge in [-0.3, -0.25) is 0 Å². The highest BCUT2D eigenvalue weighted by Crippen LogP contribution is 2.15. The SMILES string of the molecule is Cn1ncc(C2=CC(Cl)CNC2)n1. The van der Waals surface area contributed by atoms with E-state index in [1.54, 1.807) is 18.0 Å². The van der Waals surface area contributed by atoms with Crippen molar-refractivity contribution >= 4 is 17.2 Å². The Balaban J connectivity index is 2.25. The minimum atomic E-state index is 0.0609. The largest absolute Gasteiger partial charge is 0.311 e. The van der Waals surface area contributed by atoms with Crippen molar-refractivity contribution in [2.24, 2.45) is 7.05 Å². The van der Waals surface area contributed by atoms with Gasteiger partial charge in [-0.1, -0.05) is 6.08 Å². The lowest BCUT2D eigenvalue weighted by atomic mass is 10.1. The first-order valence-corrected chi connectivity index (χ1v) is 4.61. The zero-order valence-electron chi connectivity index (χ0n) is 7.37. The molecule has 1 aromatic heterocycles. The first-order chi connectivity index (χ1) is 6.25. The lowest BCUT2D eigenvalue weighted by Crippen LogP contribution is -2.29. The van der Waals surface area contributed by atoms with Crippen LogP contribution < -0.4 is 5.32 Å². The van der Waals surface area contributed by atoms with Crippen LogP contribution in [0.5, 0.6) is 0 Å². The van der Waals surface area contributed by atoms with Crippen LogP contribution in [0.4, 0.5) is 0 Å². The van der Waals surface area contributed by atoms with Crippen molar-refractivity contribution in [3.8, 4) is 0 Å². The number of halogens is 1. The monoisotopic (exact) mass is 198 g/mol. The summed E-state index contributed by atoms with van der Waals surface area (Å²) in [6, 6.07) is 0. The molecule has 4 nitrogen and oxygen atoms in total. The summed E-state index contributed by atoms with van der Waals surface area (Å²) >= 11 is 5.97. The van der Waals surface area contributed by atoms with E-state index in [4.69, 9.17) is 11.6 Å². The molecule has 5 heteroatoms. The number of hydrogen-bond acceptors (Lipinski definition) is 3. The Morgan fingerprint density at radius 1 is 1.69 bits per heavy atom. The third-order valence-electron chi connectivity index (χ3n) is 1.97. The van der Waals surface area contributed by atoms with Gasteiger partial charge in [0.2, 0.25) is 0 Å². The molecule has 0 saturated heterocycles. The number of hydrogen-bond donors (Lipinski definition) is 1. The lowest BCUT2D eigenvalue weighted by Gasteiger charge is -2.15. The molecule has 1 aliphatic rings. The zero-order valence-corrected chi connectivity index (χ0v) is 8.12. The Hall–Kier alpha value is -0.870. The molecular formula is C8H11ClN4. The fraction of sp³-hybridized carbons (Fsp3) is 0.500. The first kappa shape index (κ1) is 8.72. The molecule has 70 valence electrons. The molecule has 1 aromatic rings. The summed E-state index contributed by atoms with van der Waals surface area (Å²) in [5, 5.41) is 11.5. The maximum absolute atomic E-state index is 5.97. The summed E-state index contributed by atoms with van der Waals surface area (Å²) < 4.78 is 0. The Kier molecular flexibility index (Phi) is 2.33.